The molecule has 3 amide bonds. The van der Waals surface area contributed by atoms with Gasteiger partial charge in [0, 0.05) is 41.9 Å². The van der Waals surface area contributed by atoms with Crippen molar-refractivity contribution < 1.29 is 37.2 Å². The molecule has 2 heterocycles. The van der Waals surface area contributed by atoms with Crippen LogP contribution in [0.3, 0.4) is 0 Å². The second-order valence-electron chi connectivity index (χ2n) is 13.6. The van der Waals surface area contributed by atoms with Crippen molar-refractivity contribution in [2.24, 2.45) is 11.1 Å². The molecular formula is C35H44ClN5O8S. The van der Waals surface area contributed by atoms with Crippen molar-refractivity contribution in [1.82, 2.24) is 20.3 Å². The van der Waals surface area contributed by atoms with Gasteiger partial charge in [-0.1, -0.05) is 56.1 Å². The van der Waals surface area contributed by atoms with Crippen molar-refractivity contribution in [3.05, 3.63) is 59.1 Å². The van der Waals surface area contributed by atoms with Gasteiger partial charge in [-0.15, -0.1) is 0 Å². The molecule has 2 unspecified atom stereocenters. The SMILES string of the molecule is CCC[C@H](NC(=O)[C@@H]1CC2(CC(c3cccc(Cl)c3)=NO2)CN1C(=O)CC(NS(=O)(=O)c1ccc(OC)cc1)C(C)C)C(=O)C(=O)NC1CC1. The van der Waals surface area contributed by atoms with Gasteiger partial charge in [0.2, 0.25) is 27.6 Å². The van der Waals surface area contributed by atoms with Crippen LogP contribution in [0.4, 0.5) is 0 Å². The van der Waals surface area contributed by atoms with Crippen LogP contribution in [0.15, 0.2) is 58.6 Å². The monoisotopic (exact) mass is 729 g/mol. The summed E-state index contributed by atoms with van der Waals surface area (Å²) in [5, 5.41) is 10.3. The molecule has 50 heavy (non-hydrogen) atoms. The largest absolute Gasteiger partial charge is 0.497 e. The Balaban J connectivity index is 1.37. The van der Waals surface area contributed by atoms with Gasteiger partial charge in [-0.25, -0.2) is 13.1 Å². The third-order valence-corrected chi connectivity index (χ3v) is 11.0. The maximum atomic E-state index is 14.2. The highest BCUT2D eigenvalue weighted by atomic mass is 35.5. The molecule has 5 rings (SSSR count). The van der Waals surface area contributed by atoms with Gasteiger partial charge in [0.25, 0.3) is 5.91 Å². The minimum atomic E-state index is -4.02. The van der Waals surface area contributed by atoms with Crippen LogP contribution in [0, 0.1) is 5.92 Å². The first-order valence-corrected chi connectivity index (χ1v) is 18.7. The van der Waals surface area contributed by atoms with E-state index in [1.165, 1.54) is 36.3 Å². The Morgan fingerprint density at radius 2 is 1.84 bits per heavy atom. The van der Waals surface area contributed by atoms with Gasteiger partial charge >= 0.3 is 0 Å². The summed E-state index contributed by atoms with van der Waals surface area (Å²) in [6.45, 7) is 5.42. The molecule has 1 spiro atoms. The fourth-order valence-electron chi connectivity index (χ4n) is 6.19. The minimum absolute atomic E-state index is 0.0104. The number of benzene rings is 2. The number of rotatable bonds is 15. The van der Waals surface area contributed by atoms with E-state index in [0.29, 0.717) is 22.9 Å². The molecule has 0 bridgehead atoms. The summed E-state index contributed by atoms with van der Waals surface area (Å²) in [7, 11) is -2.54. The predicted octanol–water partition coefficient (Wildman–Crippen LogP) is 3.34. The normalized spacial score (nSPS) is 21.4. The molecule has 1 saturated carbocycles. The lowest BCUT2D eigenvalue weighted by Gasteiger charge is -2.29. The maximum absolute atomic E-state index is 14.2. The van der Waals surface area contributed by atoms with Crippen LogP contribution in [0.25, 0.3) is 0 Å². The number of hydrogen-bond acceptors (Lipinski definition) is 9. The maximum Gasteiger partial charge on any atom is 0.289 e. The first kappa shape index (κ1) is 37.3. The molecule has 2 aromatic rings. The van der Waals surface area contributed by atoms with Crippen LogP contribution >= 0.6 is 11.6 Å². The first-order chi connectivity index (χ1) is 23.7. The number of methoxy groups -OCH3 is 1. The molecule has 1 saturated heterocycles. The molecule has 2 aromatic carbocycles. The van der Waals surface area contributed by atoms with E-state index in [4.69, 9.17) is 21.2 Å². The molecule has 3 aliphatic rings. The molecule has 270 valence electrons. The number of halogens is 1. The van der Waals surface area contributed by atoms with E-state index in [0.717, 1.165) is 18.4 Å². The second-order valence-corrected chi connectivity index (χ2v) is 15.7. The van der Waals surface area contributed by atoms with Crippen LogP contribution in [0.1, 0.15) is 71.3 Å². The summed E-state index contributed by atoms with van der Waals surface area (Å²) < 4.78 is 34.5. The van der Waals surface area contributed by atoms with Crippen LogP contribution in [0.2, 0.25) is 5.02 Å². The molecule has 13 nitrogen and oxygen atoms in total. The zero-order valence-electron chi connectivity index (χ0n) is 28.6. The number of nitrogens with zero attached hydrogens (tertiary/aromatic N) is 2. The number of ether oxygens (including phenoxy) is 1. The highest BCUT2D eigenvalue weighted by molar-refractivity contribution is 7.89. The van der Waals surface area contributed by atoms with Gasteiger partial charge in [0.05, 0.1) is 30.3 Å². The number of carbonyl (C=O) groups excluding carboxylic acids is 4. The summed E-state index contributed by atoms with van der Waals surface area (Å²) in [6.07, 6.45) is 2.44. The average Bonchev–Trinajstić information content (AvgIpc) is 3.68. The fourth-order valence-corrected chi connectivity index (χ4v) is 7.77. The van der Waals surface area contributed by atoms with Gasteiger partial charge < -0.3 is 25.1 Å². The lowest BCUT2D eigenvalue weighted by atomic mass is 9.91. The van der Waals surface area contributed by atoms with E-state index in [9.17, 15) is 27.6 Å². The number of Topliss-reactive ketones (excluding diaryl/α,β-unsaturated/α-hetero) is 1. The lowest BCUT2D eigenvalue weighted by Crippen LogP contribution is -2.54. The second kappa shape index (κ2) is 15.5. The Kier molecular flexibility index (Phi) is 11.5. The molecule has 3 N–H and O–H groups in total. The van der Waals surface area contributed by atoms with E-state index in [1.54, 1.807) is 32.0 Å². The number of sulfonamides is 1. The van der Waals surface area contributed by atoms with Crippen molar-refractivity contribution in [3.63, 3.8) is 0 Å². The summed E-state index contributed by atoms with van der Waals surface area (Å²) in [4.78, 5) is 61.3. The highest BCUT2D eigenvalue weighted by Gasteiger charge is 2.54. The van der Waals surface area contributed by atoms with E-state index >= 15 is 0 Å². The smallest absolute Gasteiger partial charge is 0.289 e. The Hall–Kier alpha value is -4.01. The van der Waals surface area contributed by atoms with Crippen LogP contribution in [-0.4, -0.2) is 86.0 Å². The third-order valence-electron chi connectivity index (χ3n) is 9.24. The highest BCUT2D eigenvalue weighted by Crippen LogP contribution is 2.39. The number of hydrogen-bond donors (Lipinski definition) is 3. The Bertz CT molecular complexity index is 1750. The van der Waals surface area contributed by atoms with E-state index in [2.05, 4.69) is 20.5 Å². The van der Waals surface area contributed by atoms with Crippen molar-refractivity contribution in [1.29, 1.82) is 0 Å². The van der Waals surface area contributed by atoms with Crippen molar-refractivity contribution in [2.45, 2.75) is 100 Å². The number of nitrogens with one attached hydrogen (secondary N) is 3. The molecule has 2 fully saturated rings. The van der Waals surface area contributed by atoms with Crippen LogP contribution in [0.5, 0.6) is 5.75 Å². The minimum Gasteiger partial charge on any atom is -0.497 e. The topological polar surface area (TPSA) is 173 Å². The fraction of sp³-hybridized carbons (Fsp3) is 0.514. The Labute approximate surface area is 297 Å². The summed E-state index contributed by atoms with van der Waals surface area (Å²) in [5.74, 6) is -2.38. The van der Waals surface area contributed by atoms with Crippen LogP contribution < -0.4 is 20.1 Å². The molecule has 1 aliphatic carbocycles. The molecule has 15 heteroatoms. The summed E-state index contributed by atoms with van der Waals surface area (Å²) in [6, 6.07) is 9.99. The Morgan fingerprint density at radius 1 is 1.12 bits per heavy atom. The van der Waals surface area contributed by atoms with E-state index in [-0.39, 0.29) is 49.1 Å². The molecule has 0 radical (unpaired) electrons. The Morgan fingerprint density at radius 3 is 2.46 bits per heavy atom. The van der Waals surface area contributed by atoms with Gasteiger partial charge in [0.1, 0.15) is 11.8 Å². The summed E-state index contributed by atoms with van der Waals surface area (Å²) >= 11 is 6.22. The number of likely N-dealkylation sites (tertiary alicyclic amines) is 1. The standard InChI is InChI=1S/C35H44ClN5O8S/c1-5-7-27(32(43)34(45)37-24-10-11-24)38-33(44)30-19-35(18-29(39-49-35)22-8-6-9-23(36)16-22)20-41(30)31(42)17-28(21(2)3)40-50(46,47)26-14-12-25(48-4)13-15-26/h6,8-9,12-16,21,24,27-28,30,40H,5,7,10-11,17-20H2,1-4H3,(H,37,45)(H,38,44)/t27-,28?,30-,35?/m0/s1. The summed E-state index contributed by atoms with van der Waals surface area (Å²) in [5.41, 5.74) is 0.283. The van der Waals surface area contributed by atoms with Crippen LogP contribution in [-0.2, 0) is 34.0 Å². The van der Waals surface area contributed by atoms with Gasteiger partial charge in [-0.2, -0.15) is 0 Å². The lowest BCUT2D eigenvalue weighted by molar-refractivity contribution is -0.142. The molecular weight excluding hydrogens is 686 g/mol. The molecule has 4 atom stereocenters. The van der Waals surface area contributed by atoms with Crippen molar-refractivity contribution in [2.75, 3.05) is 13.7 Å². The average molecular weight is 730 g/mol. The molecule has 0 aromatic heterocycles. The van der Waals surface area contributed by atoms with Gasteiger partial charge in [-0.05, 0) is 61.6 Å². The van der Waals surface area contributed by atoms with Crippen molar-refractivity contribution >= 4 is 50.8 Å². The quantitative estimate of drug-likeness (QED) is 0.234. The first-order valence-electron chi connectivity index (χ1n) is 16.9. The number of carbonyl (C=O) groups is 4. The zero-order chi connectivity index (χ0) is 36.2. The third kappa shape index (κ3) is 8.82. The number of amides is 3. The van der Waals surface area contributed by atoms with E-state index < -0.39 is 57.3 Å². The zero-order valence-corrected chi connectivity index (χ0v) is 30.2. The molecule has 2 aliphatic heterocycles. The van der Waals surface area contributed by atoms with E-state index in [1.807, 2.05) is 13.0 Å². The van der Waals surface area contributed by atoms with Crippen molar-refractivity contribution in [3.8, 4) is 5.75 Å². The number of ketones is 1. The van der Waals surface area contributed by atoms with Gasteiger partial charge in [0.15, 0.2) is 5.60 Å². The number of oxime groups is 1. The predicted molar refractivity (Wildman–Crippen MR) is 186 cm³/mol. The van der Waals surface area contributed by atoms with Gasteiger partial charge in [-0.3, -0.25) is 19.2 Å².